The van der Waals surface area contributed by atoms with Crippen LogP contribution in [0.2, 0.25) is 0 Å². The fraction of sp³-hybridized carbons (Fsp3) is 0.0588. The number of nitrogens with two attached hydrogens (primary N) is 1. The summed E-state index contributed by atoms with van der Waals surface area (Å²) in [5, 5.41) is 5.30. The Labute approximate surface area is 139 Å². The molecular weight excluding hydrogens is 331 g/mol. The molecular formula is C17H15FN2O3S. The molecule has 24 heavy (non-hydrogen) atoms. The third kappa shape index (κ3) is 2.91. The smallest absolute Gasteiger partial charge is 0.238 e. The lowest BCUT2D eigenvalue weighted by atomic mass is 10.1. The van der Waals surface area contributed by atoms with Crippen LogP contribution in [0.4, 0.5) is 4.39 Å². The summed E-state index contributed by atoms with van der Waals surface area (Å²) in [5.74, 6) is -0.369. The van der Waals surface area contributed by atoms with Crippen LogP contribution in [0.25, 0.3) is 16.9 Å². The van der Waals surface area contributed by atoms with Crippen molar-refractivity contribution in [3.8, 4) is 22.7 Å². The molecule has 0 aliphatic carbocycles. The molecule has 7 heteroatoms. The molecule has 0 amide bonds. The highest BCUT2D eigenvalue weighted by Crippen LogP contribution is 2.30. The number of primary sulfonamides is 1. The standard InChI is InChI=1S/C17H15FN2O3S/c1-23-16-9-8-12(11-14(16)18)20-10-4-6-15(20)13-5-2-3-7-17(13)24(19,21)22/h2-11H,1H3,(H2,19,21,22). The summed E-state index contributed by atoms with van der Waals surface area (Å²) in [6.45, 7) is 0. The lowest BCUT2D eigenvalue weighted by Gasteiger charge is -2.13. The first-order valence-corrected chi connectivity index (χ1v) is 8.60. The van der Waals surface area contributed by atoms with E-state index in [1.807, 2.05) is 0 Å². The van der Waals surface area contributed by atoms with Gasteiger partial charge in [-0.05, 0) is 30.3 Å². The first-order chi connectivity index (χ1) is 11.4. The van der Waals surface area contributed by atoms with E-state index >= 15 is 0 Å². The van der Waals surface area contributed by atoms with Crippen LogP contribution in [0.3, 0.4) is 0 Å². The molecule has 0 unspecified atom stereocenters. The molecule has 124 valence electrons. The quantitative estimate of drug-likeness (QED) is 0.789. The van der Waals surface area contributed by atoms with Crippen LogP contribution in [0.15, 0.2) is 65.7 Å². The van der Waals surface area contributed by atoms with E-state index in [1.54, 1.807) is 47.2 Å². The van der Waals surface area contributed by atoms with E-state index in [2.05, 4.69) is 0 Å². The third-order valence-electron chi connectivity index (χ3n) is 3.63. The van der Waals surface area contributed by atoms with Crippen LogP contribution in [-0.4, -0.2) is 20.1 Å². The Kier molecular flexibility index (Phi) is 4.13. The molecule has 0 aliphatic heterocycles. The van der Waals surface area contributed by atoms with Crippen molar-refractivity contribution in [2.45, 2.75) is 4.90 Å². The van der Waals surface area contributed by atoms with E-state index in [0.717, 1.165) is 0 Å². The SMILES string of the molecule is COc1ccc(-n2cccc2-c2ccccc2S(N)(=O)=O)cc1F. The Balaban J connectivity index is 2.18. The van der Waals surface area contributed by atoms with E-state index in [4.69, 9.17) is 9.88 Å². The van der Waals surface area contributed by atoms with Gasteiger partial charge in [0.2, 0.25) is 10.0 Å². The minimum atomic E-state index is -3.88. The molecule has 0 aliphatic rings. The molecule has 5 nitrogen and oxygen atoms in total. The van der Waals surface area contributed by atoms with E-state index in [1.165, 1.54) is 25.3 Å². The zero-order valence-electron chi connectivity index (χ0n) is 12.8. The van der Waals surface area contributed by atoms with Crippen LogP contribution in [0, 0.1) is 5.82 Å². The Morgan fingerprint density at radius 3 is 2.50 bits per heavy atom. The number of rotatable bonds is 4. The molecule has 1 aromatic heterocycles. The van der Waals surface area contributed by atoms with Crippen molar-refractivity contribution in [3.63, 3.8) is 0 Å². The van der Waals surface area contributed by atoms with Crippen molar-refractivity contribution in [3.05, 3.63) is 66.6 Å². The average molecular weight is 346 g/mol. The Bertz CT molecular complexity index is 997. The average Bonchev–Trinajstić information content (AvgIpc) is 3.03. The summed E-state index contributed by atoms with van der Waals surface area (Å²) in [5.41, 5.74) is 1.57. The molecule has 3 rings (SSSR count). The number of hydrogen-bond acceptors (Lipinski definition) is 3. The van der Waals surface area contributed by atoms with Gasteiger partial charge in [0, 0.05) is 23.5 Å². The highest BCUT2D eigenvalue weighted by molar-refractivity contribution is 7.89. The largest absolute Gasteiger partial charge is 0.494 e. The summed E-state index contributed by atoms with van der Waals surface area (Å²) in [6.07, 6.45) is 1.72. The summed E-state index contributed by atoms with van der Waals surface area (Å²) in [6, 6.07) is 14.4. The number of ether oxygens (including phenoxy) is 1. The van der Waals surface area contributed by atoms with Gasteiger partial charge in [-0.3, -0.25) is 0 Å². The molecule has 0 radical (unpaired) electrons. The second-order valence-electron chi connectivity index (χ2n) is 5.12. The van der Waals surface area contributed by atoms with Crippen molar-refractivity contribution in [1.29, 1.82) is 0 Å². The molecule has 0 fully saturated rings. The number of hydrogen-bond donors (Lipinski definition) is 1. The summed E-state index contributed by atoms with van der Waals surface area (Å²) >= 11 is 0. The van der Waals surface area contributed by atoms with E-state index in [9.17, 15) is 12.8 Å². The number of aromatic nitrogens is 1. The zero-order valence-corrected chi connectivity index (χ0v) is 13.6. The van der Waals surface area contributed by atoms with Crippen molar-refractivity contribution in [1.82, 2.24) is 4.57 Å². The number of nitrogens with zero attached hydrogens (tertiary/aromatic N) is 1. The van der Waals surface area contributed by atoms with Gasteiger partial charge in [-0.25, -0.2) is 17.9 Å². The first-order valence-electron chi connectivity index (χ1n) is 7.05. The van der Waals surface area contributed by atoms with Gasteiger partial charge in [-0.15, -0.1) is 0 Å². The molecule has 0 atom stereocenters. The van der Waals surface area contributed by atoms with Gasteiger partial charge >= 0.3 is 0 Å². The lowest BCUT2D eigenvalue weighted by Crippen LogP contribution is -2.13. The van der Waals surface area contributed by atoms with Crippen molar-refractivity contribution >= 4 is 10.0 Å². The molecule has 0 saturated carbocycles. The van der Waals surface area contributed by atoms with Crippen LogP contribution in [-0.2, 0) is 10.0 Å². The second-order valence-corrected chi connectivity index (χ2v) is 6.65. The number of halogens is 1. The second kappa shape index (κ2) is 6.10. The van der Waals surface area contributed by atoms with Gasteiger partial charge < -0.3 is 9.30 Å². The zero-order chi connectivity index (χ0) is 17.3. The first kappa shape index (κ1) is 16.2. The monoisotopic (exact) mass is 346 g/mol. The molecule has 0 saturated heterocycles. The van der Waals surface area contributed by atoms with E-state index in [0.29, 0.717) is 16.9 Å². The lowest BCUT2D eigenvalue weighted by molar-refractivity contribution is 0.386. The summed E-state index contributed by atoms with van der Waals surface area (Å²) in [7, 11) is -2.49. The Hall–Kier alpha value is -2.64. The van der Waals surface area contributed by atoms with Crippen molar-refractivity contribution < 1.29 is 17.5 Å². The topological polar surface area (TPSA) is 74.3 Å². The Morgan fingerprint density at radius 1 is 1.08 bits per heavy atom. The predicted molar refractivity (Wildman–Crippen MR) is 89.1 cm³/mol. The molecule has 0 spiro atoms. The number of methoxy groups -OCH3 is 1. The molecule has 0 bridgehead atoms. The van der Waals surface area contributed by atoms with Crippen LogP contribution in [0.1, 0.15) is 0 Å². The van der Waals surface area contributed by atoms with Gasteiger partial charge in [0.25, 0.3) is 0 Å². The molecule has 2 aromatic carbocycles. The maximum Gasteiger partial charge on any atom is 0.238 e. The normalized spacial score (nSPS) is 11.5. The molecule has 3 aromatic rings. The van der Waals surface area contributed by atoms with Gasteiger partial charge in [0.05, 0.1) is 17.7 Å². The summed E-state index contributed by atoms with van der Waals surface area (Å²) < 4.78 is 44.2. The Morgan fingerprint density at radius 2 is 1.83 bits per heavy atom. The van der Waals surface area contributed by atoms with Crippen LogP contribution < -0.4 is 9.88 Å². The summed E-state index contributed by atoms with van der Waals surface area (Å²) in [4.78, 5) is 0.0129. The fourth-order valence-corrected chi connectivity index (χ4v) is 3.30. The highest BCUT2D eigenvalue weighted by Gasteiger charge is 2.17. The van der Waals surface area contributed by atoms with Crippen LogP contribution in [0.5, 0.6) is 5.75 Å². The number of benzene rings is 2. The third-order valence-corrected chi connectivity index (χ3v) is 4.60. The number of sulfonamides is 1. The predicted octanol–water partition coefficient (Wildman–Crippen LogP) is 2.94. The van der Waals surface area contributed by atoms with E-state index in [-0.39, 0.29) is 10.6 Å². The van der Waals surface area contributed by atoms with Crippen molar-refractivity contribution in [2.75, 3.05) is 7.11 Å². The molecule has 1 heterocycles. The van der Waals surface area contributed by atoms with Crippen LogP contribution >= 0.6 is 0 Å². The van der Waals surface area contributed by atoms with Gasteiger partial charge in [-0.2, -0.15) is 0 Å². The van der Waals surface area contributed by atoms with Crippen molar-refractivity contribution in [2.24, 2.45) is 5.14 Å². The van der Waals surface area contributed by atoms with E-state index < -0.39 is 15.8 Å². The maximum absolute atomic E-state index is 14.0. The van der Waals surface area contributed by atoms with Gasteiger partial charge in [0.1, 0.15) is 0 Å². The molecule has 2 N–H and O–H groups in total. The minimum absolute atomic E-state index is 0.0129. The highest BCUT2D eigenvalue weighted by atomic mass is 32.2. The minimum Gasteiger partial charge on any atom is -0.494 e. The fourth-order valence-electron chi connectivity index (χ4n) is 2.56. The van der Waals surface area contributed by atoms with Gasteiger partial charge in [0.15, 0.2) is 11.6 Å². The van der Waals surface area contributed by atoms with Gasteiger partial charge in [-0.1, -0.05) is 18.2 Å². The maximum atomic E-state index is 14.0.